The molecule has 3 aromatic rings. The Hall–Kier alpha value is -3.57. The molecule has 1 aromatic heterocycles. The van der Waals surface area contributed by atoms with E-state index in [-0.39, 0.29) is 37.3 Å². The minimum absolute atomic E-state index is 0.188. The maximum Gasteiger partial charge on any atom is 0.409 e. The Bertz CT molecular complexity index is 1450. The number of ether oxygens (including phenoxy) is 1. The molecule has 13 heteroatoms. The largest absolute Gasteiger partial charge is 0.449 e. The Kier molecular flexibility index (Phi) is 12.7. The quantitative estimate of drug-likeness (QED) is 0.187. The number of piperazine rings is 1. The normalized spacial score (nSPS) is 14.2. The standard InChI is InChI=1S/C32H41N4O7PS/c1-4-7-21-41-32(39)36-19-17-35(18-20-36)31(38)27(22-24-13-15-26(16-14-24)44(40,42-5-2)43-6-3)33-29(37)28-23-45-30(34-28)25-11-9-8-10-12-25/h8-16,23,27H,4-7,17-22H2,1-3H3,(H,33,37)/t27-/m0/s1. The molecule has 11 nitrogen and oxygen atoms in total. The second-order valence-corrected chi connectivity index (χ2v) is 13.3. The van der Waals surface area contributed by atoms with E-state index in [0.29, 0.717) is 43.1 Å². The zero-order valence-electron chi connectivity index (χ0n) is 26.0. The van der Waals surface area contributed by atoms with Gasteiger partial charge in [0.05, 0.1) is 25.1 Å². The van der Waals surface area contributed by atoms with Crippen LogP contribution in [0.1, 0.15) is 49.7 Å². The van der Waals surface area contributed by atoms with Gasteiger partial charge in [-0.3, -0.25) is 14.2 Å². The van der Waals surface area contributed by atoms with Crippen molar-refractivity contribution in [3.05, 3.63) is 71.2 Å². The van der Waals surface area contributed by atoms with Crippen molar-refractivity contribution in [2.45, 2.75) is 46.1 Å². The molecule has 1 saturated heterocycles. The first-order valence-electron chi connectivity index (χ1n) is 15.3. The van der Waals surface area contributed by atoms with Gasteiger partial charge in [0.1, 0.15) is 16.7 Å². The van der Waals surface area contributed by atoms with E-state index >= 15 is 0 Å². The summed E-state index contributed by atoms with van der Waals surface area (Å²) in [4.78, 5) is 47.4. The van der Waals surface area contributed by atoms with E-state index in [2.05, 4.69) is 10.3 Å². The number of benzene rings is 2. The van der Waals surface area contributed by atoms with Gasteiger partial charge < -0.3 is 28.9 Å². The molecule has 0 bridgehead atoms. The van der Waals surface area contributed by atoms with Crippen LogP contribution in [0.15, 0.2) is 60.0 Å². The molecular weight excluding hydrogens is 615 g/mol. The van der Waals surface area contributed by atoms with Gasteiger partial charge in [0, 0.05) is 43.5 Å². The van der Waals surface area contributed by atoms with Crippen LogP contribution in [0, 0.1) is 0 Å². The van der Waals surface area contributed by atoms with E-state index in [1.54, 1.807) is 53.3 Å². The zero-order chi connectivity index (χ0) is 32.2. The summed E-state index contributed by atoms with van der Waals surface area (Å²) in [6, 6.07) is 15.5. The summed E-state index contributed by atoms with van der Waals surface area (Å²) in [5.74, 6) is -0.724. The van der Waals surface area contributed by atoms with E-state index in [1.807, 2.05) is 37.3 Å². The molecule has 0 unspecified atom stereocenters. The molecule has 3 amide bonds. The van der Waals surface area contributed by atoms with Crippen LogP contribution in [0.5, 0.6) is 0 Å². The number of aromatic nitrogens is 1. The third-order valence-electron chi connectivity index (χ3n) is 7.22. The monoisotopic (exact) mass is 656 g/mol. The van der Waals surface area contributed by atoms with Crippen LogP contribution in [0.25, 0.3) is 10.6 Å². The lowest BCUT2D eigenvalue weighted by Gasteiger charge is -2.36. The van der Waals surface area contributed by atoms with Crippen molar-refractivity contribution < 1.29 is 32.7 Å². The molecular formula is C32H41N4O7PS. The summed E-state index contributed by atoms with van der Waals surface area (Å²) in [6.45, 7) is 7.65. The van der Waals surface area contributed by atoms with Gasteiger partial charge in [0.25, 0.3) is 5.91 Å². The average Bonchev–Trinajstić information content (AvgIpc) is 3.56. The molecule has 0 spiro atoms. The molecule has 1 aliphatic rings. The lowest BCUT2D eigenvalue weighted by atomic mass is 10.0. The number of carbonyl (C=O) groups is 3. The SMILES string of the molecule is CCCCOC(=O)N1CCN(C(=O)[C@H](Cc2ccc(P(=O)(OCC)OCC)cc2)NC(=O)c2csc(-c3ccccc3)n2)CC1. The summed E-state index contributed by atoms with van der Waals surface area (Å²) >= 11 is 1.35. The van der Waals surface area contributed by atoms with Crippen molar-refractivity contribution in [2.24, 2.45) is 0 Å². The highest BCUT2D eigenvalue weighted by atomic mass is 32.1. The third kappa shape index (κ3) is 9.23. The minimum atomic E-state index is -3.47. The molecule has 0 radical (unpaired) electrons. The summed E-state index contributed by atoms with van der Waals surface area (Å²) in [7, 11) is -3.47. The van der Waals surface area contributed by atoms with Crippen LogP contribution in [-0.4, -0.2) is 84.7 Å². The lowest BCUT2D eigenvalue weighted by Crippen LogP contribution is -2.56. The Morgan fingerprint density at radius 2 is 1.58 bits per heavy atom. The first kappa shape index (κ1) is 34.3. The average molecular weight is 657 g/mol. The summed E-state index contributed by atoms with van der Waals surface area (Å²) in [6.07, 6.45) is 1.54. The van der Waals surface area contributed by atoms with E-state index < -0.39 is 19.5 Å². The maximum atomic E-state index is 13.9. The maximum absolute atomic E-state index is 13.9. The molecule has 2 aromatic carbocycles. The number of hydrogen-bond donors (Lipinski definition) is 1. The first-order chi connectivity index (χ1) is 21.8. The van der Waals surface area contributed by atoms with Gasteiger partial charge in [0.15, 0.2) is 0 Å². The van der Waals surface area contributed by atoms with E-state index in [4.69, 9.17) is 13.8 Å². The Labute approximate surface area is 268 Å². The third-order valence-corrected chi connectivity index (χ3v) is 10.2. The number of unbranched alkanes of at least 4 members (excludes halogenated alkanes) is 1. The highest BCUT2D eigenvalue weighted by Gasteiger charge is 2.32. The van der Waals surface area contributed by atoms with Gasteiger partial charge in [-0.15, -0.1) is 11.3 Å². The van der Waals surface area contributed by atoms with Crippen molar-refractivity contribution >= 4 is 42.1 Å². The predicted molar refractivity (Wildman–Crippen MR) is 174 cm³/mol. The molecule has 1 atom stereocenters. The van der Waals surface area contributed by atoms with Crippen LogP contribution in [0.3, 0.4) is 0 Å². The molecule has 2 heterocycles. The first-order valence-corrected chi connectivity index (χ1v) is 17.7. The van der Waals surface area contributed by atoms with Gasteiger partial charge >= 0.3 is 13.7 Å². The molecule has 1 N–H and O–H groups in total. The minimum Gasteiger partial charge on any atom is -0.449 e. The topological polar surface area (TPSA) is 127 Å². The number of nitrogens with one attached hydrogen (secondary N) is 1. The number of thiazole rings is 1. The van der Waals surface area contributed by atoms with Crippen molar-refractivity contribution in [1.82, 2.24) is 20.1 Å². The zero-order valence-corrected chi connectivity index (χ0v) is 27.7. The number of carbonyl (C=O) groups excluding carboxylic acids is 3. The van der Waals surface area contributed by atoms with Crippen LogP contribution in [0.4, 0.5) is 4.79 Å². The summed E-state index contributed by atoms with van der Waals surface area (Å²) in [5, 5.41) is 5.70. The number of hydrogen-bond acceptors (Lipinski definition) is 9. The fraction of sp³-hybridized carbons (Fsp3) is 0.438. The van der Waals surface area contributed by atoms with E-state index in [0.717, 1.165) is 24.0 Å². The molecule has 1 fully saturated rings. The lowest BCUT2D eigenvalue weighted by molar-refractivity contribution is -0.134. The molecule has 242 valence electrons. The predicted octanol–water partition coefficient (Wildman–Crippen LogP) is 5.12. The summed E-state index contributed by atoms with van der Waals surface area (Å²) in [5.41, 5.74) is 1.87. The highest BCUT2D eigenvalue weighted by Crippen LogP contribution is 2.46. The van der Waals surface area contributed by atoms with Crippen molar-refractivity contribution in [2.75, 3.05) is 46.0 Å². The van der Waals surface area contributed by atoms with E-state index in [1.165, 1.54) is 11.3 Å². The molecule has 0 saturated carbocycles. The van der Waals surface area contributed by atoms with Crippen molar-refractivity contribution in [3.8, 4) is 10.6 Å². The fourth-order valence-electron chi connectivity index (χ4n) is 4.83. The molecule has 0 aliphatic carbocycles. The summed E-state index contributed by atoms with van der Waals surface area (Å²) < 4.78 is 29.5. The highest BCUT2D eigenvalue weighted by molar-refractivity contribution is 7.62. The Morgan fingerprint density at radius 3 is 2.20 bits per heavy atom. The second kappa shape index (κ2) is 16.7. The van der Waals surface area contributed by atoms with Crippen LogP contribution < -0.4 is 10.6 Å². The van der Waals surface area contributed by atoms with Gasteiger partial charge in [-0.25, -0.2) is 9.78 Å². The van der Waals surface area contributed by atoms with Gasteiger partial charge in [-0.05, 0) is 38.0 Å². The molecule has 1 aliphatic heterocycles. The van der Waals surface area contributed by atoms with Gasteiger partial charge in [0.2, 0.25) is 5.91 Å². The number of nitrogens with zero attached hydrogens (tertiary/aromatic N) is 3. The van der Waals surface area contributed by atoms with Crippen LogP contribution in [0.2, 0.25) is 0 Å². The number of rotatable bonds is 14. The fourth-order valence-corrected chi connectivity index (χ4v) is 7.20. The van der Waals surface area contributed by atoms with E-state index in [9.17, 15) is 18.9 Å². The van der Waals surface area contributed by atoms with Crippen LogP contribution in [-0.2, 0) is 29.6 Å². The van der Waals surface area contributed by atoms with Gasteiger partial charge in [-0.1, -0.05) is 55.8 Å². The Morgan fingerprint density at radius 1 is 0.933 bits per heavy atom. The van der Waals surface area contributed by atoms with Crippen LogP contribution >= 0.6 is 18.9 Å². The smallest absolute Gasteiger partial charge is 0.409 e. The molecule has 4 rings (SSSR count). The van der Waals surface area contributed by atoms with Gasteiger partial charge in [-0.2, -0.15) is 0 Å². The second-order valence-electron chi connectivity index (χ2n) is 10.4. The van der Waals surface area contributed by atoms with Crippen molar-refractivity contribution in [1.29, 1.82) is 0 Å². The Balaban J connectivity index is 1.50. The van der Waals surface area contributed by atoms with Crippen molar-refractivity contribution in [3.63, 3.8) is 0 Å². The number of amides is 3. The molecule has 45 heavy (non-hydrogen) atoms.